The van der Waals surface area contributed by atoms with E-state index in [1.165, 1.54) is 0 Å². The van der Waals surface area contributed by atoms with E-state index in [-0.39, 0.29) is 23.4 Å². The molecular weight excluding hydrogens is 444 g/mol. The second kappa shape index (κ2) is 10.4. The Bertz CT molecular complexity index is 1300. The van der Waals surface area contributed by atoms with Gasteiger partial charge in [-0.05, 0) is 44.7 Å². The van der Waals surface area contributed by atoms with Crippen LogP contribution in [-0.2, 0) is 4.79 Å². The van der Waals surface area contributed by atoms with Crippen LogP contribution in [0.5, 0.6) is 0 Å². The molecule has 3 heterocycles. The van der Waals surface area contributed by atoms with Crippen molar-refractivity contribution in [2.45, 2.75) is 19.9 Å². The maximum absolute atomic E-state index is 12.7. The van der Waals surface area contributed by atoms with E-state index in [9.17, 15) is 14.9 Å². The number of rotatable bonds is 6. The summed E-state index contributed by atoms with van der Waals surface area (Å²) in [6.45, 7) is 6.62. The maximum Gasteiger partial charge on any atom is 0.264 e. The predicted molar refractivity (Wildman–Crippen MR) is 134 cm³/mol. The van der Waals surface area contributed by atoms with Gasteiger partial charge >= 0.3 is 0 Å². The topological polar surface area (TPSA) is 130 Å². The van der Waals surface area contributed by atoms with Crippen molar-refractivity contribution in [1.82, 2.24) is 30.1 Å². The number of likely N-dealkylation sites (N-methyl/N-ethyl adjacent to an activating group) is 1. The van der Waals surface area contributed by atoms with Crippen LogP contribution < -0.4 is 10.6 Å². The minimum atomic E-state index is -0.241. The van der Waals surface area contributed by atoms with Gasteiger partial charge < -0.3 is 25.4 Å². The standard InChI is InChI=1S/C25H28N8O2/c1-16(2)29-24(34)20-14-27-23-22(20)31-21(15-28-23)30-19-6-4-17(5-7-19)12-18(13-26)25(35)33-10-8-32(3)9-11-33/h4-7,12,14-16H,8-11H2,1-3H3,(H,27,28)(H,29,34)(H,30,31)/b18-12+. The van der Waals surface area contributed by atoms with Crippen molar-refractivity contribution >= 4 is 40.6 Å². The highest BCUT2D eigenvalue weighted by molar-refractivity contribution is 6.05. The molecule has 1 aromatic carbocycles. The molecule has 0 unspecified atom stereocenters. The van der Waals surface area contributed by atoms with Crippen LogP contribution in [0.25, 0.3) is 17.2 Å². The third kappa shape index (κ3) is 5.65. The van der Waals surface area contributed by atoms with Gasteiger partial charge in [-0.3, -0.25) is 9.59 Å². The number of anilines is 2. The van der Waals surface area contributed by atoms with Crippen molar-refractivity contribution in [3.63, 3.8) is 0 Å². The largest absolute Gasteiger partial charge is 0.350 e. The summed E-state index contributed by atoms with van der Waals surface area (Å²) < 4.78 is 0. The van der Waals surface area contributed by atoms with Crippen molar-refractivity contribution in [2.75, 3.05) is 38.5 Å². The number of hydrogen-bond acceptors (Lipinski definition) is 7. The predicted octanol–water partition coefficient (Wildman–Crippen LogP) is 2.52. The number of fused-ring (bicyclic) bond motifs is 1. The number of carbonyl (C=O) groups is 2. The molecule has 1 aliphatic rings. The van der Waals surface area contributed by atoms with Crippen LogP contribution in [0, 0.1) is 11.3 Å². The van der Waals surface area contributed by atoms with Crippen LogP contribution in [0.15, 0.2) is 42.2 Å². The quantitative estimate of drug-likeness (QED) is 0.371. The maximum atomic E-state index is 12.7. The van der Waals surface area contributed by atoms with Gasteiger partial charge in [0.15, 0.2) is 5.65 Å². The number of benzene rings is 1. The van der Waals surface area contributed by atoms with Crippen LogP contribution >= 0.6 is 0 Å². The molecule has 0 bridgehead atoms. The van der Waals surface area contributed by atoms with Crippen LogP contribution in [0.4, 0.5) is 11.5 Å². The van der Waals surface area contributed by atoms with Gasteiger partial charge in [-0.15, -0.1) is 0 Å². The third-order valence-electron chi connectivity index (χ3n) is 5.68. The number of H-pyrrole nitrogens is 1. The van der Waals surface area contributed by atoms with Crippen molar-refractivity contribution in [3.05, 3.63) is 53.4 Å². The molecule has 3 N–H and O–H groups in total. The first-order valence-corrected chi connectivity index (χ1v) is 11.5. The summed E-state index contributed by atoms with van der Waals surface area (Å²) in [5.41, 5.74) is 3.05. The highest BCUT2D eigenvalue weighted by Gasteiger charge is 2.22. The molecule has 0 saturated carbocycles. The third-order valence-corrected chi connectivity index (χ3v) is 5.68. The number of piperazine rings is 1. The van der Waals surface area contributed by atoms with E-state index < -0.39 is 0 Å². The fraction of sp³-hybridized carbons (Fsp3) is 0.320. The first-order chi connectivity index (χ1) is 16.8. The summed E-state index contributed by atoms with van der Waals surface area (Å²) in [5, 5.41) is 15.6. The van der Waals surface area contributed by atoms with E-state index in [1.54, 1.807) is 23.4 Å². The first kappa shape index (κ1) is 23.9. The van der Waals surface area contributed by atoms with Crippen molar-refractivity contribution in [1.29, 1.82) is 5.26 Å². The second-order valence-corrected chi connectivity index (χ2v) is 8.80. The second-order valence-electron chi connectivity index (χ2n) is 8.80. The Hall–Kier alpha value is -4.23. The lowest BCUT2D eigenvalue weighted by atomic mass is 10.1. The zero-order valence-corrected chi connectivity index (χ0v) is 20.0. The molecule has 1 saturated heterocycles. The Morgan fingerprint density at radius 1 is 1.17 bits per heavy atom. The lowest BCUT2D eigenvalue weighted by Crippen LogP contribution is -2.47. The van der Waals surface area contributed by atoms with E-state index in [0.717, 1.165) is 24.3 Å². The molecule has 0 radical (unpaired) electrons. The molecule has 1 aliphatic heterocycles. The lowest BCUT2D eigenvalue weighted by Gasteiger charge is -2.32. The molecule has 1 fully saturated rings. The van der Waals surface area contributed by atoms with Gasteiger partial charge in [0.2, 0.25) is 0 Å². The Balaban J connectivity index is 1.47. The minimum absolute atomic E-state index is 0.00711. The molecule has 3 aromatic rings. The Kier molecular flexibility index (Phi) is 7.08. The molecule has 0 spiro atoms. The summed E-state index contributed by atoms with van der Waals surface area (Å²) in [4.78, 5) is 40.9. The summed E-state index contributed by atoms with van der Waals surface area (Å²) >= 11 is 0. The normalized spacial score (nSPS) is 14.7. The highest BCUT2D eigenvalue weighted by Crippen LogP contribution is 2.21. The highest BCUT2D eigenvalue weighted by atomic mass is 16.2. The Labute approximate surface area is 203 Å². The number of amides is 2. The smallest absolute Gasteiger partial charge is 0.264 e. The van der Waals surface area contributed by atoms with Gasteiger partial charge in [0.1, 0.15) is 23.0 Å². The summed E-state index contributed by atoms with van der Waals surface area (Å²) in [5.74, 6) is 0.0328. The number of aromatic amines is 1. The Morgan fingerprint density at radius 3 is 2.54 bits per heavy atom. The molecule has 0 atom stereocenters. The van der Waals surface area contributed by atoms with Gasteiger partial charge in [-0.25, -0.2) is 9.97 Å². The molecule has 4 rings (SSSR count). The molecule has 10 heteroatoms. The van der Waals surface area contributed by atoms with E-state index in [2.05, 4.69) is 30.5 Å². The zero-order valence-electron chi connectivity index (χ0n) is 20.0. The number of aromatic nitrogens is 3. The average Bonchev–Trinajstić information content (AvgIpc) is 3.27. The van der Waals surface area contributed by atoms with Crippen LogP contribution in [0.3, 0.4) is 0 Å². The summed E-state index contributed by atoms with van der Waals surface area (Å²) in [6.07, 6.45) is 4.79. The first-order valence-electron chi connectivity index (χ1n) is 11.5. The number of carbonyl (C=O) groups excluding carboxylic acids is 2. The number of hydrogen-bond donors (Lipinski definition) is 3. The number of nitriles is 1. The molecule has 35 heavy (non-hydrogen) atoms. The van der Waals surface area contributed by atoms with Crippen molar-refractivity contribution in [2.24, 2.45) is 0 Å². The van der Waals surface area contributed by atoms with Crippen LogP contribution in [0.1, 0.15) is 29.8 Å². The van der Waals surface area contributed by atoms with Gasteiger partial charge in [-0.2, -0.15) is 5.26 Å². The van der Waals surface area contributed by atoms with Gasteiger partial charge in [0.25, 0.3) is 11.8 Å². The minimum Gasteiger partial charge on any atom is -0.350 e. The zero-order chi connectivity index (χ0) is 24.9. The van der Waals surface area contributed by atoms with Crippen molar-refractivity contribution in [3.8, 4) is 6.07 Å². The molecule has 10 nitrogen and oxygen atoms in total. The fourth-order valence-electron chi connectivity index (χ4n) is 3.76. The average molecular weight is 473 g/mol. The van der Waals surface area contributed by atoms with Crippen molar-refractivity contribution < 1.29 is 9.59 Å². The van der Waals surface area contributed by atoms with E-state index >= 15 is 0 Å². The monoisotopic (exact) mass is 472 g/mol. The van der Waals surface area contributed by atoms with Crippen LogP contribution in [-0.4, -0.2) is 75.8 Å². The van der Waals surface area contributed by atoms with Gasteiger partial charge in [0.05, 0.1) is 11.8 Å². The molecule has 2 amide bonds. The van der Waals surface area contributed by atoms with Gasteiger partial charge in [0, 0.05) is 44.1 Å². The van der Waals surface area contributed by atoms with Crippen LogP contribution in [0.2, 0.25) is 0 Å². The Morgan fingerprint density at radius 2 is 1.89 bits per heavy atom. The summed E-state index contributed by atoms with van der Waals surface area (Å²) in [6, 6.07) is 9.35. The molecule has 0 aliphatic carbocycles. The lowest BCUT2D eigenvalue weighted by molar-refractivity contribution is -0.128. The van der Waals surface area contributed by atoms with Gasteiger partial charge in [-0.1, -0.05) is 12.1 Å². The summed E-state index contributed by atoms with van der Waals surface area (Å²) in [7, 11) is 2.02. The number of nitrogens with one attached hydrogen (secondary N) is 3. The SMILES string of the molecule is CC(C)NC(=O)c1c[nH]c2ncc(Nc3ccc(/C=C(\C#N)C(=O)N4CCN(C)CC4)cc3)nc12. The number of nitrogens with zero attached hydrogens (tertiary/aromatic N) is 5. The van der Waals surface area contributed by atoms with E-state index in [4.69, 9.17) is 0 Å². The fourth-order valence-corrected chi connectivity index (χ4v) is 3.76. The molecule has 180 valence electrons. The molecular formula is C25H28N8O2. The van der Waals surface area contributed by atoms with E-state index in [0.29, 0.717) is 35.6 Å². The van der Waals surface area contributed by atoms with E-state index in [1.807, 2.05) is 51.2 Å². The molecule has 2 aromatic heterocycles.